The molecule has 5 nitrogen and oxygen atoms in total. The highest BCUT2D eigenvalue weighted by Crippen LogP contribution is 2.58. The van der Waals surface area contributed by atoms with E-state index in [1.54, 1.807) is 12.1 Å². The van der Waals surface area contributed by atoms with Crippen LogP contribution in [0.15, 0.2) is 35.0 Å². The normalized spacial score (nSPS) is 40.2. The van der Waals surface area contributed by atoms with Crippen LogP contribution in [-0.4, -0.2) is 24.1 Å². The number of carbonyl (C=O) groups excluding carboxylic acids is 2. The number of hydrogen-bond acceptors (Lipinski definition) is 5. The summed E-state index contributed by atoms with van der Waals surface area (Å²) in [6, 6.07) is 3.28. The van der Waals surface area contributed by atoms with Gasteiger partial charge in [0, 0.05) is 23.3 Å². The average Bonchev–Trinajstić information content (AvgIpc) is 3.20. The standard InChI is InChI=1S/C20H24O5/c1-11-13-6-8-20(3)9-7-14(24-19(22)15-5-4-10-23-15)12(2)16(20)17(13)25-18(11)21/h4-5,10,12-14,16-17H,1,6-9H2,2-3H3/t12-,13-,14-,16?,17-,20-/m0/s1. The summed E-state index contributed by atoms with van der Waals surface area (Å²) in [7, 11) is 0. The highest BCUT2D eigenvalue weighted by Gasteiger charge is 2.58. The molecule has 5 heteroatoms. The zero-order valence-electron chi connectivity index (χ0n) is 14.7. The van der Waals surface area contributed by atoms with E-state index in [-0.39, 0.29) is 47.1 Å². The molecule has 3 fully saturated rings. The van der Waals surface area contributed by atoms with Crippen molar-refractivity contribution in [2.75, 3.05) is 0 Å². The quantitative estimate of drug-likeness (QED) is 0.604. The van der Waals surface area contributed by atoms with Gasteiger partial charge in [-0.25, -0.2) is 9.59 Å². The van der Waals surface area contributed by atoms with Crippen molar-refractivity contribution in [2.45, 2.75) is 51.7 Å². The van der Waals surface area contributed by atoms with Crippen molar-refractivity contribution < 1.29 is 23.5 Å². The third kappa shape index (κ3) is 2.52. The molecule has 1 aliphatic heterocycles. The van der Waals surface area contributed by atoms with Crippen LogP contribution < -0.4 is 0 Å². The summed E-state index contributed by atoms with van der Waals surface area (Å²) in [4.78, 5) is 24.3. The third-order valence-corrected chi connectivity index (χ3v) is 6.67. The molecule has 1 aromatic rings. The molecule has 0 radical (unpaired) electrons. The molecule has 134 valence electrons. The van der Waals surface area contributed by atoms with Crippen LogP contribution in [0.25, 0.3) is 0 Å². The lowest BCUT2D eigenvalue weighted by molar-refractivity contribution is -0.159. The molecule has 1 unspecified atom stereocenters. The summed E-state index contributed by atoms with van der Waals surface area (Å²) in [5.74, 6) is -0.0659. The van der Waals surface area contributed by atoms with Gasteiger partial charge >= 0.3 is 11.9 Å². The topological polar surface area (TPSA) is 65.7 Å². The van der Waals surface area contributed by atoms with E-state index >= 15 is 0 Å². The Morgan fingerprint density at radius 1 is 1.36 bits per heavy atom. The lowest BCUT2D eigenvalue weighted by Gasteiger charge is -2.53. The van der Waals surface area contributed by atoms with Gasteiger partial charge in [0.2, 0.25) is 5.76 Å². The van der Waals surface area contributed by atoms with E-state index in [4.69, 9.17) is 13.9 Å². The van der Waals surface area contributed by atoms with Crippen molar-refractivity contribution in [2.24, 2.45) is 23.2 Å². The molecule has 4 rings (SSSR count). The number of rotatable bonds is 2. The second kappa shape index (κ2) is 5.75. The maximum Gasteiger partial charge on any atom is 0.374 e. The first-order valence-electron chi connectivity index (χ1n) is 9.05. The third-order valence-electron chi connectivity index (χ3n) is 6.67. The van der Waals surface area contributed by atoms with Gasteiger partial charge in [-0.2, -0.15) is 0 Å². The van der Waals surface area contributed by atoms with Crippen molar-refractivity contribution >= 4 is 11.9 Å². The molecule has 2 heterocycles. The van der Waals surface area contributed by atoms with Gasteiger partial charge in [0.25, 0.3) is 0 Å². The van der Waals surface area contributed by atoms with Crippen LogP contribution in [0.5, 0.6) is 0 Å². The molecular weight excluding hydrogens is 320 g/mol. The Bertz CT molecular complexity index is 706. The summed E-state index contributed by atoms with van der Waals surface area (Å²) in [6.07, 6.45) is 4.93. The highest BCUT2D eigenvalue weighted by molar-refractivity contribution is 5.91. The zero-order chi connectivity index (χ0) is 17.8. The Balaban J connectivity index is 1.56. The summed E-state index contributed by atoms with van der Waals surface area (Å²) in [5.41, 5.74) is 0.716. The number of hydrogen-bond donors (Lipinski definition) is 0. The summed E-state index contributed by atoms with van der Waals surface area (Å²) >= 11 is 0. The highest BCUT2D eigenvalue weighted by atomic mass is 16.6. The van der Waals surface area contributed by atoms with Gasteiger partial charge in [0.05, 0.1) is 6.26 Å². The Morgan fingerprint density at radius 3 is 2.84 bits per heavy atom. The molecule has 0 aromatic carbocycles. The maximum absolute atomic E-state index is 12.3. The van der Waals surface area contributed by atoms with Crippen LogP contribution in [0.1, 0.15) is 50.1 Å². The largest absolute Gasteiger partial charge is 0.458 e. The predicted molar refractivity (Wildman–Crippen MR) is 89.7 cm³/mol. The van der Waals surface area contributed by atoms with Gasteiger partial charge in [-0.15, -0.1) is 0 Å². The molecule has 1 saturated heterocycles. The molecule has 3 aliphatic rings. The lowest BCUT2D eigenvalue weighted by Crippen LogP contribution is -2.53. The Labute approximate surface area is 147 Å². The minimum Gasteiger partial charge on any atom is -0.458 e. The Hall–Kier alpha value is -2.04. The number of esters is 2. The summed E-state index contributed by atoms with van der Waals surface area (Å²) in [6.45, 7) is 8.33. The zero-order valence-corrected chi connectivity index (χ0v) is 14.7. The number of furan rings is 1. The van der Waals surface area contributed by atoms with Crippen LogP contribution >= 0.6 is 0 Å². The smallest absolute Gasteiger partial charge is 0.374 e. The van der Waals surface area contributed by atoms with Crippen LogP contribution in [0, 0.1) is 23.2 Å². The number of ether oxygens (including phenoxy) is 2. The van der Waals surface area contributed by atoms with Crippen molar-refractivity contribution in [3.05, 3.63) is 36.3 Å². The molecule has 0 amide bonds. The molecule has 2 aliphatic carbocycles. The van der Waals surface area contributed by atoms with Crippen LogP contribution in [-0.2, 0) is 14.3 Å². The maximum atomic E-state index is 12.3. The van der Waals surface area contributed by atoms with E-state index in [2.05, 4.69) is 20.4 Å². The van der Waals surface area contributed by atoms with Crippen LogP contribution in [0.4, 0.5) is 0 Å². The van der Waals surface area contributed by atoms with E-state index < -0.39 is 5.97 Å². The first-order valence-corrected chi connectivity index (χ1v) is 9.05. The monoisotopic (exact) mass is 344 g/mol. The van der Waals surface area contributed by atoms with Gasteiger partial charge in [-0.3, -0.25) is 0 Å². The van der Waals surface area contributed by atoms with Gasteiger partial charge in [0.1, 0.15) is 12.2 Å². The molecule has 0 bridgehead atoms. The summed E-state index contributed by atoms with van der Waals surface area (Å²) in [5, 5.41) is 0. The van der Waals surface area contributed by atoms with Crippen molar-refractivity contribution in [3.63, 3.8) is 0 Å². The fourth-order valence-corrected chi connectivity index (χ4v) is 5.29. The Morgan fingerprint density at radius 2 is 2.12 bits per heavy atom. The first-order chi connectivity index (χ1) is 11.9. The lowest BCUT2D eigenvalue weighted by atomic mass is 9.53. The molecule has 2 saturated carbocycles. The van der Waals surface area contributed by atoms with Gasteiger partial charge in [-0.05, 0) is 43.2 Å². The van der Waals surface area contributed by atoms with E-state index in [9.17, 15) is 9.59 Å². The second-order valence-electron chi connectivity index (χ2n) is 8.04. The van der Waals surface area contributed by atoms with E-state index in [0.717, 1.165) is 25.7 Å². The van der Waals surface area contributed by atoms with Crippen LogP contribution in [0.3, 0.4) is 0 Å². The molecule has 1 aromatic heterocycles. The van der Waals surface area contributed by atoms with Crippen molar-refractivity contribution in [3.8, 4) is 0 Å². The Kier molecular flexibility index (Phi) is 3.78. The molecule has 25 heavy (non-hydrogen) atoms. The summed E-state index contributed by atoms with van der Waals surface area (Å²) < 4.78 is 16.6. The fraction of sp³-hybridized carbons (Fsp3) is 0.600. The first kappa shape index (κ1) is 16.4. The molecule has 6 atom stereocenters. The minimum atomic E-state index is -0.425. The predicted octanol–water partition coefficient (Wildman–Crippen LogP) is 3.75. The molecule has 0 spiro atoms. The molecular formula is C20H24O5. The average molecular weight is 344 g/mol. The van der Waals surface area contributed by atoms with Crippen molar-refractivity contribution in [1.29, 1.82) is 0 Å². The SMILES string of the molecule is C=C1C(=O)O[C@@H]2C3[C@@H](C)[C@@H](OC(=O)c4ccco4)CC[C@]3(C)CC[C@@H]12. The van der Waals surface area contributed by atoms with Gasteiger partial charge < -0.3 is 13.9 Å². The van der Waals surface area contributed by atoms with Crippen LogP contribution in [0.2, 0.25) is 0 Å². The molecule has 0 N–H and O–H groups in total. The number of fused-ring (bicyclic) bond motifs is 3. The van der Waals surface area contributed by atoms with Gasteiger partial charge in [0.15, 0.2) is 0 Å². The second-order valence-corrected chi connectivity index (χ2v) is 8.04. The van der Waals surface area contributed by atoms with Gasteiger partial charge in [-0.1, -0.05) is 20.4 Å². The van der Waals surface area contributed by atoms with E-state index in [0.29, 0.717) is 5.57 Å². The van der Waals surface area contributed by atoms with E-state index in [1.165, 1.54) is 6.26 Å². The van der Waals surface area contributed by atoms with E-state index in [1.807, 2.05) is 0 Å². The minimum absolute atomic E-state index is 0.104. The fourth-order valence-electron chi connectivity index (χ4n) is 5.29. The van der Waals surface area contributed by atoms with Crippen molar-refractivity contribution in [1.82, 2.24) is 0 Å². The number of carbonyl (C=O) groups is 2.